The van der Waals surface area contributed by atoms with Crippen molar-refractivity contribution in [1.29, 1.82) is 0 Å². The fourth-order valence-corrected chi connectivity index (χ4v) is 4.78. The fourth-order valence-electron chi connectivity index (χ4n) is 4.78. The van der Waals surface area contributed by atoms with E-state index in [2.05, 4.69) is 0 Å². The van der Waals surface area contributed by atoms with E-state index >= 15 is 0 Å². The monoisotopic (exact) mass is 423 g/mol. The molecule has 4 aromatic rings. The predicted molar refractivity (Wildman–Crippen MR) is 122 cm³/mol. The molecule has 1 atom stereocenters. The number of amides is 1. The smallest absolute Gasteiger partial charge is 0.411 e. The highest BCUT2D eigenvalue weighted by molar-refractivity contribution is 5.93. The van der Waals surface area contributed by atoms with Crippen molar-refractivity contribution in [2.45, 2.75) is 12.1 Å². The van der Waals surface area contributed by atoms with Crippen molar-refractivity contribution in [1.82, 2.24) is 4.90 Å². The van der Waals surface area contributed by atoms with E-state index in [0.29, 0.717) is 5.56 Å². The summed E-state index contributed by atoms with van der Waals surface area (Å²) in [6, 6.07) is 26.9. The van der Waals surface area contributed by atoms with Crippen LogP contribution in [0, 0.1) is 0 Å². The maximum Gasteiger partial charge on any atom is 0.411 e. The molecule has 0 heterocycles. The summed E-state index contributed by atoms with van der Waals surface area (Å²) in [5.41, 5.74) is 4.28. The molecule has 1 aliphatic rings. The van der Waals surface area contributed by atoms with Crippen molar-refractivity contribution >= 4 is 22.8 Å². The number of carbonyl (C=O) groups is 2. The van der Waals surface area contributed by atoms with Crippen molar-refractivity contribution < 1.29 is 19.4 Å². The van der Waals surface area contributed by atoms with E-state index in [1.165, 1.54) is 12.0 Å². The van der Waals surface area contributed by atoms with Crippen LogP contribution in [0.1, 0.15) is 28.8 Å². The van der Waals surface area contributed by atoms with Crippen LogP contribution in [0.2, 0.25) is 0 Å². The number of rotatable bonds is 4. The largest absolute Gasteiger partial charge is 0.479 e. The van der Waals surface area contributed by atoms with Gasteiger partial charge in [0.15, 0.2) is 6.04 Å². The quantitative estimate of drug-likeness (QED) is 0.450. The minimum atomic E-state index is -1.24. The SMILES string of the molecule is COC(=O)N(C1c2ccccc2-c2ccccc21)[C@H](C(=O)O)c1cccc2ccccc12. The van der Waals surface area contributed by atoms with Crippen LogP contribution >= 0.6 is 0 Å². The number of nitrogens with zero attached hydrogens (tertiary/aromatic N) is 1. The van der Waals surface area contributed by atoms with Crippen molar-refractivity contribution in [2.75, 3.05) is 7.11 Å². The predicted octanol–water partition coefficient (Wildman–Crippen LogP) is 5.80. The Morgan fingerprint density at radius 1 is 0.812 bits per heavy atom. The normalized spacial score (nSPS) is 13.3. The third kappa shape index (κ3) is 3.02. The van der Waals surface area contributed by atoms with Gasteiger partial charge >= 0.3 is 12.1 Å². The fraction of sp³-hybridized carbons (Fsp3) is 0.111. The van der Waals surface area contributed by atoms with E-state index in [-0.39, 0.29) is 0 Å². The lowest BCUT2D eigenvalue weighted by atomic mass is 9.94. The zero-order chi connectivity index (χ0) is 22.2. The molecule has 0 saturated carbocycles. The number of aliphatic carboxylic acids is 1. The number of hydrogen-bond donors (Lipinski definition) is 1. The van der Waals surface area contributed by atoms with Gasteiger partial charge in [-0.2, -0.15) is 0 Å². The molecule has 5 nitrogen and oxygen atoms in total. The zero-order valence-electron chi connectivity index (χ0n) is 17.4. The molecule has 0 saturated heterocycles. The lowest BCUT2D eigenvalue weighted by Gasteiger charge is -2.34. The van der Waals surface area contributed by atoms with Crippen LogP contribution in [-0.4, -0.2) is 29.2 Å². The average molecular weight is 423 g/mol. The summed E-state index contributed by atoms with van der Waals surface area (Å²) in [6.45, 7) is 0. The molecule has 1 aliphatic carbocycles. The van der Waals surface area contributed by atoms with Crippen LogP contribution in [0.4, 0.5) is 4.79 Å². The zero-order valence-corrected chi connectivity index (χ0v) is 17.4. The van der Waals surface area contributed by atoms with E-state index < -0.39 is 24.1 Å². The summed E-state index contributed by atoms with van der Waals surface area (Å²) in [7, 11) is 1.28. The lowest BCUT2D eigenvalue weighted by Crippen LogP contribution is -2.41. The molecule has 0 unspecified atom stereocenters. The number of fused-ring (bicyclic) bond motifs is 4. The van der Waals surface area contributed by atoms with Gasteiger partial charge in [0, 0.05) is 0 Å². The first kappa shape index (κ1) is 19.8. The second-order valence-electron chi connectivity index (χ2n) is 7.76. The molecule has 0 aromatic heterocycles. The van der Waals surface area contributed by atoms with Gasteiger partial charge in [0.05, 0.1) is 13.2 Å². The van der Waals surface area contributed by atoms with Crippen LogP contribution in [0.25, 0.3) is 21.9 Å². The van der Waals surface area contributed by atoms with Gasteiger partial charge in [-0.1, -0.05) is 91.0 Å². The molecule has 0 bridgehead atoms. The van der Waals surface area contributed by atoms with Gasteiger partial charge in [0.25, 0.3) is 0 Å². The van der Waals surface area contributed by atoms with Crippen molar-refractivity contribution in [3.63, 3.8) is 0 Å². The molecule has 0 radical (unpaired) electrons. The average Bonchev–Trinajstić information content (AvgIpc) is 3.16. The van der Waals surface area contributed by atoms with E-state index in [1.54, 1.807) is 6.07 Å². The summed E-state index contributed by atoms with van der Waals surface area (Å²) >= 11 is 0. The molecule has 0 spiro atoms. The molecule has 0 fully saturated rings. The van der Waals surface area contributed by atoms with Crippen molar-refractivity contribution in [3.05, 3.63) is 108 Å². The minimum Gasteiger partial charge on any atom is -0.479 e. The Bertz CT molecular complexity index is 1300. The van der Waals surface area contributed by atoms with E-state index in [0.717, 1.165) is 33.0 Å². The Hall–Kier alpha value is -4.12. The summed E-state index contributed by atoms with van der Waals surface area (Å²) in [5, 5.41) is 12.1. The maximum atomic E-state index is 13.2. The molecule has 158 valence electrons. The first-order valence-corrected chi connectivity index (χ1v) is 10.4. The first-order chi connectivity index (χ1) is 15.6. The molecule has 5 heteroatoms. The van der Waals surface area contributed by atoms with Gasteiger partial charge in [-0.3, -0.25) is 4.90 Å². The minimum absolute atomic E-state index is 0.544. The Morgan fingerprint density at radius 2 is 1.38 bits per heavy atom. The molecule has 32 heavy (non-hydrogen) atoms. The number of benzene rings is 4. The summed E-state index contributed by atoms with van der Waals surface area (Å²) in [4.78, 5) is 27.3. The van der Waals surface area contributed by atoms with Gasteiger partial charge in [-0.15, -0.1) is 0 Å². The number of carbonyl (C=O) groups excluding carboxylic acids is 1. The Morgan fingerprint density at radius 3 is 2.00 bits per heavy atom. The Labute approximate surface area is 185 Å². The highest BCUT2D eigenvalue weighted by Gasteiger charge is 2.43. The molecule has 5 rings (SSSR count). The molecular weight excluding hydrogens is 402 g/mol. The summed E-state index contributed by atoms with van der Waals surface area (Å²) < 4.78 is 5.14. The van der Waals surface area contributed by atoms with Crippen molar-refractivity contribution in [2.24, 2.45) is 0 Å². The van der Waals surface area contributed by atoms with Gasteiger partial charge in [0.2, 0.25) is 0 Å². The van der Waals surface area contributed by atoms with Crippen molar-refractivity contribution in [3.8, 4) is 11.1 Å². The van der Waals surface area contributed by atoms with Gasteiger partial charge in [-0.05, 0) is 38.6 Å². The van der Waals surface area contributed by atoms with Gasteiger partial charge in [0.1, 0.15) is 0 Å². The second-order valence-corrected chi connectivity index (χ2v) is 7.76. The molecule has 0 aliphatic heterocycles. The molecular formula is C27H21NO4. The standard InChI is InChI=1S/C27H21NO4/c1-32-27(31)28(24-22-14-6-4-12-19(22)20-13-5-7-15-23(20)24)25(26(29)30)21-16-8-10-17-9-2-3-11-18(17)21/h2-16,24-25H,1H3,(H,29,30)/t25-/m0/s1. The number of hydrogen-bond acceptors (Lipinski definition) is 3. The molecule has 4 aromatic carbocycles. The highest BCUT2D eigenvalue weighted by Crippen LogP contribution is 2.49. The third-order valence-corrected chi connectivity index (χ3v) is 6.09. The van der Waals surface area contributed by atoms with E-state index in [1.807, 2.05) is 84.9 Å². The van der Waals surface area contributed by atoms with Crippen LogP contribution in [0.3, 0.4) is 0 Å². The van der Waals surface area contributed by atoms with Crippen LogP contribution in [0.5, 0.6) is 0 Å². The molecule has 1 N–H and O–H groups in total. The number of carboxylic acid groups (broad SMARTS) is 1. The van der Waals surface area contributed by atoms with E-state index in [4.69, 9.17) is 4.74 Å². The van der Waals surface area contributed by atoms with Gasteiger partial charge in [-0.25, -0.2) is 9.59 Å². The number of carboxylic acids is 1. The third-order valence-electron chi connectivity index (χ3n) is 6.09. The highest BCUT2D eigenvalue weighted by atomic mass is 16.5. The molecule has 1 amide bonds. The van der Waals surface area contributed by atoms with Crippen LogP contribution < -0.4 is 0 Å². The number of ether oxygens (including phenoxy) is 1. The number of methoxy groups -OCH3 is 1. The van der Waals surface area contributed by atoms with E-state index in [9.17, 15) is 14.7 Å². The topological polar surface area (TPSA) is 66.8 Å². The van der Waals surface area contributed by atoms with Gasteiger partial charge < -0.3 is 9.84 Å². The Balaban J connectivity index is 1.77. The lowest BCUT2D eigenvalue weighted by molar-refractivity contribution is -0.143. The van der Waals surface area contributed by atoms with Crippen LogP contribution in [0.15, 0.2) is 91.0 Å². The van der Waals surface area contributed by atoms with Crippen LogP contribution in [-0.2, 0) is 9.53 Å². The second kappa shape index (κ2) is 7.85. The summed E-state index contributed by atoms with van der Waals surface area (Å²) in [6.07, 6.45) is -0.693. The summed E-state index contributed by atoms with van der Waals surface area (Å²) in [5.74, 6) is -1.12. The first-order valence-electron chi connectivity index (χ1n) is 10.4. The maximum absolute atomic E-state index is 13.2. The Kier molecular flexibility index (Phi) is 4.86.